The van der Waals surface area contributed by atoms with Gasteiger partial charge in [0, 0.05) is 12.6 Å². The van der Waals surface area contributed by atoms with Crippen LogP contribution in [-0.2, 0) is 9.59 Å². The van der Waals surface area contributed by atoms with Crippen molar-refractivity contribution in [2.24, 2.45) is 0 Å². The molecule has 2 rings (SSSR count). The molecule has 0 atom stereocenters. The molecular formula is C19H22N2O3. The highest BCUT2D eigenvalue weighted by molar-refractivity contribution is 6.02. The van der Waals surface area contributed by atoms with Crippen molar-refractivity contribution in [2.45, 2.75) is 20.8 Å². The summed E-state index contributed by atoms with van der Waals surface area (Å²) in [6.45, 7) is 5.23. The minimum atomic E-state index is -0.264. The summed E-state index contributed by atoms with van der Waals surface area (Å²) in [6, 6.07) is 13.0. The van der Waals surface area contributed by atoms with Crippen molar-refractivity contribution in [1.82, 2.24) is 0 Å². The Hall–Kier alpha value is -2.82. The van der Waals surface area contributed by atoms with Gasteiger partial charge >= 0.3 is 0 Å². The Morgan fingerprint density at radius 2 is 1.79 bits per heavy atom. The quantitative estimate of drug-likeness (QED) is 0.917. The lowest BCUT2D eigenvalue weighted by Crippen LogP contribution is -2.37. The zero-order chi connectivity index (χ0) is 17.7. The number of rotatable bonds is 5. The third kappa shape index (κ3) is 4.35. The number of carbonyl (C=O) groups excluding carboxylic acids is 2. The lowest BCUT2D eigenvalue weighted by atomic mass is 10.2. The molecule has 0 radical (unpaired) electrons. The molecule has 1 N–H and O–H groups in total. The highest BCUT2D eigenvalue weighted by Gasteiger charge is 2.19. The molecule has 0 unspecified atom stereocenters. The Morgan fingerprint density at radius 3 is 2.42 bits per heavy atom. The van der Waals surface area contributed by atoms with Gasteiger partial charge in [-0.3, -0.25) is 14.5 Å². The number of aryl methyl sites for hydroxylation is 2. The van der Waals surface area contributed by atoms with E-state index in [0.717, 1.165) is 11.1 Å². The SMILES string of the molecule is COc1ccc(C)cc1N(CC(=O)Nc1cccc(C)c1)C(C)=O. The van der Waals surface area contributed by atoms with Crippen molar-refractivity contribution >= 4 is 23.2 Å². The van der Waals surface area contributed by atoms with Crippen molar-refractivity contribution in [3.8, 4) is 5.75 Å². The molecule has 24 heavy (non-hydrogen) atoms. The van der Waals surface area contributed by atoms with Crippen LogP contribution >= 0.6 is 0 Å². The number of hydrogen-bond acceptors (Lipinski definition) is 3. The van der Waals surface area contributed by atoms with Crippen LogP contribution in [0.4, 0.5) is 11.4 Å². The minimum absolute atomic E-state index is 0.0803. The highest BCUT2D eigenvalue weighted by Crippen LogP contribution is 2.29. The Morgan fingerprint density at radius 1 is 1.08 bits per heavy atom. The Balaban J connectivity index is 2.21. The molecule has 2 aromatic rings. The first kappa shape index (κ1) is 17.5. The summed E-state index contributed by atoms with van der Waals surface area (Å²) in [5.41, 5.74) is 3.33. The van der Waals surface area contributed by atoms with Crippen LogP contribution in [-0.4, -0.2) is 25.5 Å². The van der Waals surface area contributed by atoms with Crippen molar-refractivity contribution < 1.29 is 14.3 Å². The fourth-order valence-electron chi connectivity index (χ4n) is 2.44. The predicted molar refractivity (Wildman–Crippen MR) is 95.6 cm³/mol. The number of hydrogen-bond donors (Lipinski definition) is 1. The molecule has 0 saturated heterocycles. The summed E-state index contributed by atoms with van der Waals surface area (Å²) in [7, 11) is 1.54. The van der Waals surface area contributed by atoms with Gasteiger partial charge in [-0.15, -0.1) is 0 Å². The Bertz CT molecular complexity index is 756. The minimum Gasteiger partial charge on any atom is -0.495 e. The number of nitrogens with zero attached hydrogens (tertiary/aromatic N) is 1. The maximum absolute atomic E-state index is 12.4. The van der Waals surface area contributed by atoms with E-state index in [9.17, 15) is 9.59 Å². The average Bonchev–Trinajstić information content (AvgIpc) is 2.52. The molecule has 5 heteroatoms. The van der Waals surface area contributed by atoms with Crippen LogP contribution in [0.5, 0.6) is 5.75 Å². The number of ether oxygens (including phenoxy) is 1. The van der Waals surface area contributed by atoms with Gasteiger partial charge in [0.05, 0.1) is 12.8 Å². The first-order chi connectivity index (χ1) is 11.4. The van der Waals surface area contributed by atoms with Gasteiger partial charge in [-0.25, -0.2) is 0 Å². The largest absolute Gasteiger partial charge is 0.495 e. The van der Waals surface area contributed by atoms with Gasteiger partial charge in [-0.1, -0.05) is 18.2 Å². The molecule has 2 aromatic carbocycles. The molecule has 126 valence electrons. The molecule has 0 aliphatic heterocycles. The maximum Gasteiger partial charge on any atom is 0.244 e. The molecule has 0 fully saturated rings. The lowest BCUT2D eigenvalue weighted by Gasteiger charge is -2.23. The summed E-state index contributed by atoms with van der Waals surface area (Å²) in [5, 5.41) is 2.82. The first-order valence-electron chi connectivity index (χ1n) is 7.70. The number of benzene rings is 2. The topological polar surface area (TPSA) is 58.6 Å². The van der Waals surface area contributed by atoms with Gasteiger partial charge in [0.1, 0.15) is 12.3 Å². The van der Waals surface area contributed by atoms with E-state index in [0.29, 0.717) is 17.1 Å². The molecule has 0 heterocycles. The summed E-state index contributed by atoms with van der Waals surface area (Å²) in [6.07, 6.45) is 0. The molecule has 0 bridgehead atoms. The second-order valence-electron chi connectivity index (χ2n) is 5.70. The van der Waals surface area contributed by atoms with Crippen molar-refractivity contribution in [3.05, 3.63) is 53.6 Å². The third-order valence-corrected chi connectivity index (χ3v) is 3.61. The van der Waals surface area contributed by atoms with Crippen molar-refractivity contribution in [3.63, 3.8) is 0 Å². The Labute approximate surface area is 142 Å². The molecular weight excluding hydrogens is 304 g/mol. The maximum atomic E-state index is 12.4. The summed E-state index contributed by atoms with van der Waals surface area (Å²) >= 11 is 0. The van der Waals surface area contributed by atoms with Crippen LogP contribution in [0, 0.1) is 13.8 Å². The van der Waals surface area contributed by atoms with Crippen LogP contribution in [0.15, 0.2) is 42.5 Å². The second-order valence-corrected chi connectivity index (χ2v) is 5.70. The number of carbonyl (C=O) groups is 2. The smallest absolute Gasteiger partial charge is 0.244 e. The molecule has 5 nitrogen and oxygen atoms in total. The van der Waals surface area contributed by atoms with Gasteiger partial charge in [0.2, 0.25) is 11.8 Å². The van der Waals surface area contributed by atoms with E-state index in [2.05, 4.69) is 5.32 Å². The average molecular weight is 326 g/mol. The van der Waals surface area contributed by atoms with E-state index in [-0.39, 0.29) is 18.4 Å². The van der Waals surface area contributed by atoms with E-state index in [1.165, 1.54) is 11.8 Å². The van der Waals surface area contributed by atoms with Gasteiger partial charge in [-0.2, -0.15) is 0 Å². The van der Waals surface area contributed by atoms with Gasteiger partial charge in [-0.05, 0) is 49.2 Å². The fraction of sp³-hybridized carbons (Fsp3) is 0.263. The molecule has 0 spiro atoms. The summed E-state index contributed by atoms with van der Waals surface area (Å²) in [5.74, 6) is 0.0665. The fourth-order valence-corrected chi connectivity index (χ4v) is 2.44. The normalized spacial score (nSPS) is 10.2. The standard InChI is InChI=1S/C19H22N2O3/c1-13-6-5-7-16(10-13)20-19(23)12-21(15(3)22)17-11-14(2)8-9-18(17)24-4/h5-11H,12H2,1-4H3,(H,20,23). The Kier molecular flexibility index (Phi) is 5.58. The number of nitrogens with one attached hydrogen (secondary N) is 1. The van der Waals surface area contributed by atoms with Crippen LogP contribution in [0.1, 0.15) is 18.1 Å². The highest BCUT2D eigenvalue weighted by atomic mass is 16.5. The molecule has 0 aliphatic rings. The first-order valence-corrected chi connectivity index (χ1v) is 7.70. The van der Waals surface area contributed by atoms with Gasteiger partial charge < -0.3 is 10.1 Å². The van der Waals surface area contributed by atoms with E-state index in [4.69, 9.17) is 4.74 Å². The van der Waals surface area contributed by atoms with E-state index in [1.807, 2.05) is 50.2 Å². The number of amides is 2. The third-order valence-electron chi connectivity index (χ3n) is 3.61. The van der Waals surface area contributed by atoms with Crippen LogP contribution < -0.4 is 15.0 Å². The predicted octanol–water partition coefficient (Wildman–Crippen LogP) is 3.30. The zero-order valence-electron chi connectivity index (χ0n) is 14.4. The molecule has 0 saturated carbocycles. The lowest BCUT2D eigenvalue weighted by molar-refractivity contribution is -0.120. The molecule has 0 aromatic heterocycles. The van der Waals surface area contributed by atoms with Crippen molar-refractivity contribution in [1.29, 1.82) is 0 Å². The van der Waals surface area contributed by atoms with Crippen LogP contribution in [0.25, 0.3) is 0 Å². The van der Waals surface area contributed by atoms with Crippen LogP contribution in [0.2, 0.25) is 0 Å². The second kappa shape index (κ2) is 7.64. The van der Waals surface area contributed by atoms with Gasteiger partial charge in [0.25, 0.3) is 0 Å². The monoisotopic (exact) mass is 326 g/mol. The summed E-state index contributed by atoms with van der Waals surface area (Å²) < 4.78 is 5.32. The molecule has 2 amide bonds. The number of methoxy groups -OCH3 is 1. The zero-order valence-corrected chi connectivity index (χ0v) is 14.4. The van der Waals surface area contributed by atoms with Gasteiger partial charge in [0.15, 0.2) is 0 Å². The van der Waals surface area contributed by atoms with E-state index in [1.54, 1.807) is 13.2 Å². The van der Waals surface area contributed by atoms with E-state index < -0.39 is 0 Å². The number of anilines is 2. The molecule has 0 aliphatic carbocycles. The summed E-state index contributed by atoms with van der Waals surface area (Å²) in [4.78, 5) is 25.8. The van der Waals surface area contributed by atoms with Crippen LogP contribution in [0.3, 0.4) is 0 Å². The van der Waals surface area contributed by atoms with E-state index >= 15 is 0 Å². The van der Waals surface area contributed by atoms with Crippen molar-refractivity contribution in [2.75, 3.05) is 23.9 Å².